The van der Waals surface area contributed by atoms with Crippen molar-refractivity contribution in [1.29, 1.82) is 0 Å². The molecule has 0 amide bonds. The van der Waals surface area contributed by atoms with Crippen molar-refractivity contribution >= 4 is 16.0 Å². The summed E-state index contributed by atoms with van der Waals surface area (Å²) in [5.41, 5.74) is 1.40. The van der Waals surface area contributed by atoms with E-state index in [4.69, 9.17) is 9.47 Å². The lowest BCUT2D eigenvalue weighted by molar-refractivity contribution is 0.0734. The Morgan fingerprint density at radius 3 is 2.14 bits per heavy atom. The summed E-state index contributed by atoms with van der Waals surface area (Å²) in [6.45, 7) is 1.73. The van der Waals surface area contributed by atoms with Gasteiger partial charge in [0.2, 0.25) is 10.0 Å². The van der Waals surface area contributed by atoms with Crippen molar-refractivity contribution in [2.45, 2.75) is 37.0 Å². The topological polar surface area (TPSA) is 72.9 Å². The zero-order valence-electron chi connectivity index (χ0n) is 16.7. The Labute approximate surface area is 172 Å². The molecule has 29 heavy (non-hydrogen) atoms. The molecule has 0 atom stereocenters. The fourth-order valence-corrected chi connectivity index (χ4v) is 4.82. The molecule has 7 heteroatoms. The van der Waals surface area contributed by atoms with E-state index in [-0.39, 0.29) is 4.90 Å². The maximum absolute atomic E-state index is 12.8. The molecule has 0 aromatic heterocycles. The number of esters is 1. The Balaban J connectivity index is 1.65. The van der Waals surface area contributed by atoms with Crippen molar-refractivity contribution in [1.82, 2.24) is 4.31 Å². The summed E-state index contributed by atoms with van der Waals surface area (Å²) in [5.74, 6) is -0.0780. The van der Waals surface area contributed by atoms with Gasteiger partial charge in [0.1, 0.15) is 5.75 Å². The minimum atomic E-state index is -3.53. The van der Waals surface area contributed by atoms with Gasteiger partial charge in [0.25, 0.3) is 0 Å². The van der Waals surface area contributed by atoms with Crippen molar-refractivity contribution in [3.8, 4) is 5.75 Å². The van der Waals surface area contributed by atoms with Crippen LogP contribution in [0.5, 0.6) is 5.75 Å². The normalized spacial score (nSPS) is 15.6. The first-order valence-corrected chi connectivity index (χ1v) is 11.3. The maximum atomic E-state index is 12.8. The van der Waals surface area contributed by atoms with Crippen molar-refractivity contribution in [3.63, 3.8) is 0 Å². The second kappa shape index (κ2) is 10.0. The van der Waals surface area contributed by atoms with Crippen molar-refractivity contribution < 1.29 is 22.7 Å². The number of hydrogen-bond donors (Lipinski definition) is 0. The minimum absolute atomic E-state index is 0.207. The molecule has 1 aliphatic rings. The third kappa shape index (κ3) is 5.65. The van der Waals surface area contributed by atoms with Crippen LogP contribution in [0.25, 0.3) is 0 Å². The first-order chi connectivity index (χ1) is 14.0. The average molecular weight is 418 g/mol. The summed E-state index contributed by atoms with van der Waals surface area (Å²) in [5, 5.41) is 0. The largest absolute Gasteiger partial charge is 0.423 e. The molecule has 156 valence electrons. The van der Waals surface area contributed by atoms with Gasteiger partial charge < -0.3 is 9.47 Å². The van der Waals surface area contributed by atoms with Gasteiger partial charge in [-0.3, -0.25) is 0 Å². The van der Waals surface area contributed by atoms with E-state index < -0.39 is 16.0 Å². The highest BCUT2D eigenvalue weighted by Crippen LogP contribution is 2.21. The lowest BCUT2D eigenvalue weighted by Crippen LogP contribution is -2.31. The van der Waals surface area contributed by atoms with E-state index in [1.807, 2.05) is 12.1 Å². The predicted octanol–water partition coefficient (Wildman–Crippen LogP) is 3.66. The molecule has 1 saturated heterocycles. The summed E-state index contributed by atoms with van der Waals surface area (Å²) in [6, 6.07) is 13.2. The van der Waals surface area contributed by atoms with Crippen LogP contribution in [0.3, 0.4) is 0 Å². The van der Waals surface area contributed by atoms with Gasteiger partial charge in [-0.05, 0) is 61.2 Å². The van der Waals surface area contributed by atoms with Gasteiger partial charge in [0.05, 0.1) is 17.1 Å². The zero-order chi connectivity index (χ0) is 20.7. The molecule has 0 spiro atoms. The fourth-order valence-electron chi connectivity index (χ4n) is 3.30. The number of carbonyl (C=O) groups is 1. The van der Waals surface area contributed by atoms with Crippen LogP contribution < -0.4 is 4.74 Å². The molecule has 2 aromatic rings. The Morgan fingerprint density at radius 1 is 0.931 bits per heavy atom. The smallest absolute Gasteiger partial charge is 0.343 e. The van der Waals surface area contributed by atoms with E-state index >= 15 is 0 Å². The molecule has 6 nitrogen and oxygen atoms in total. The number of methoxy groups -OCH3 is 1. The summed E-state index contributed by atoms with van der Waals surface area (Å²) < 4.78 is 37.6. The third-order valence-electron chi connectivity index (χ3n) is 5.02. The maximum Gasteiger partial charge on any atom is 0.343 e. The number of hydrogen-bond acceptors (Lipinski definition) is 5. The standard InChI is InChI=1S/C22H27NO5S/c1-27-17-14-18-6-10-20(11-7-18)28-22(24)19-8-12-21(13-9-19)29(25,26)23-15-4-2-3-5-16-23/h6-13H,2-5,14-17H2,1H3. The molecule has 0 bridgehead atoms. The summed E-state index contributed by atoms with van der Waals surface area (Å²) in [4.78, 5) is 12.6. The minimum Gasteiger partial charge on any atom is -0.423 e. The van der Waals surface area contributed by atoms with Crippen LogP contribution in [-0.4, -0.2) is 45.5 Å². The highest BCUT2D eigenvalue weighted by molar-refractivity contribution is 7.89. The molecule has 3 rings (SSSR count). The number of rotatable bonds is 7. The number of sulfonamides is 1. The Kier molecular flexibility index (Phi) is 7.41. The first-order valence-electron chi connectivity index (χ1n) is 9.91. The Morgan fingerprint density at radius 2 is 1.55 bits per heavy atom. The molecular formula is C22H27NO5S. The van der Waals surface area contributed by atoms with Gasteiger partial charge in [-0.15, -0.1) is 0 Å². The zero-order valence-corrected chi connectivity index (χ0v) is 17.5. The SMILES string of the molecule is COCCc1ccc(OC(=O)c2ccc(S(=O)(=O)N3CCCCCC3)cc2)cc1. The van der Waals surface area contributed by atoms with Gasteiger partial charge >= 0.3 is 5.97 Å². The molecule has 0 aliphatic carbocycles. The monoisotopic (exact) mass is 417 g/mol. The Hall–Kier alpha value is -2.22. The van der Waals surface area contributed by atoms with Crippen molar-refractivity contribution in [3.05, 3.63) is 59.7 Å². The van der Waals surface area contributed by atoms with Gasteiger partial charge in [0.15, 0.2) is 0 Å². The van der Waals surface area contributed by atoms with Crippen LogP contribution in [0.4, 0.5) is 0 Å². The molecular weight excluding hydrogens is 390 g/mol. The number of benzene rings is 2. The summed E-state index contributed by atoms with van der Waals surface area (Å²) in [6.07, 6.45) is 4.67. The third-order valence-corrected chi connectivity index (χ3v) is 6.93. The molecule has 0 unspecified atom stereocenters. The Bertz CT molecular complexity index is 899. The summed E-state index contributed by atoms with van der Waals surface area (Å²) >= 11 is 0. The number of ether oxygens (including phenoxy) is 2. The number of nitrogens with zero attached hydrogens (tertiary/aromatic N) is 1. The molecule has 1 aliphatic heterocycles. The van der Waals surface area contributed by atoms with Crippen LogP contribution in [0.15, 0.2) is 53.4 Å². The average Bonchev–Trinajstić information content (AvgIpc) is 3.03. The van der Waals surface area contributed by atoms with Crippen LogP contribution >= 0.6 is 0 Å². The lowest BCUT2D eigenvalue weighted by Gasteiger charge is -2.20. The fraction of sp³-hybridized carbons (Fsp3) is 0.409. The van der Waals surface area contributed by atoms with E-state index in [1.165, 1.54) is 24.3 Å². The van der Waals surface area contributed by atoms with E-state index in [1.54, 1.807) is 23.5 Å². The van der Waals surface area contributed by atoms with E-state index in [0.717, 1.165) is 37.7 Å². The molecule has 0 radical (unpaired) electrons. The summed E-state index contributed by atoms with van der Waals surface area (Å²) in [7, 11) is -1.87. The van der Waals surface area contributed by atoms with Crippen LogP contribution in [0.1, 0.15) is 41.6 Å². The van der Waals surface area contributed by atoms with Crippen LogP contribution in [0, 0.1) is 0 Å². The van der Waals surface area contributed by atoms with Crippen molar-refractivity contribution in [2.24, 2.45) is 0 Å². The van der Waals surface area contributed by atoms with E-state index in [2.05, 4.69) is 0 Å². The first kappa shape index (κ1) is 21.5. The van der Waals surface area contributed by atoms with E-state index in [0.29, 0.717) is 31.0 Å². The molecule has 1 heterocycles. The van der Waals surface area contributed by atoms with Gasteiger partial charge in [-0.1, -0.05) is 25.0 Å². The van der Waals surface area contributed by atoms with Gasteiger partial charge in [-0.25, -0.2) is 13.2 Å². The molecule has 2 aromatic carbocycles. The quantitative estimate of drug-likeness (QED) is 0.508. The van der Waals surface area contributed by atoms with Crippen molar-refractivity contribution in [2.75, 3.05) is 26.8 Å². The molecule has 1 fully saturated rings. The van der Waals surface area contributed by atoms with Crippen LogP contribution in [-0.2, 0) is 21.2 Å². The van der Waals surface area contributed by atoms with Crippen LogP contribution in [0.2, 0.25) is 0 Å². The van der Waals surface area contributed by atoms with E-state index in [9.17, 15) is 13.2 Å². The lowest BCUT2D eigenvalue weighted by atomic mass is 10.1. The molecule has 0 N–H and O–H groups in total. The highest BCUT2D eigenvalue weighted by atomic mass is 32.2. The second-order valence-corrected chi connectivity index (χ2v) is 9.06. The highest BCUT2D eigenvalue weighted by Gasteiger charge is 2.25. The predicted molar refractivity (Wildman–Crippen MR) is 111 cm³/mol. The van der Waals surface area contributed by atoms with Gasteiger partial charge in [0, 0.05) is 20.2 Å². The number of carbonyl (C=O) groups excluding carboxylic acids is 1. The second-order valence-electron chi connectivity index (χ2n) is 7.12. The molecule has 0 saturated carbocycles. The van der Waals surface area contributed by atoms with Gasteiger partial charge in [-0.2, -0.15) is 4.31 Å².